The zero-order valence-corrected chi connectivity index (χ0v) is 14.4. The van der Waals surface area contributed by atoms with Crippen molar-refractivity contribution in [1.82, 2.24) is 0 Å². The molecule has 5 nitrogen and oxygen atoms in total. The first-order chi connectivity index (χ1) is 9.92. The Hall–Kier alpha value is -1.15. The summed E-state index contributed by atoms with van der Waals surface area (Å²) < 4.78 is 6.63. The Morgan fingerprint density at radius 2 is 1.86 bits per heavy atom. The average Bonchev–Trinajstić information content (AvgIpc) is 2.42. The Morgan fingerprint density at radius 3 is 2.33 bits per heavy atom. The van der Waals surface area contributed by atoms with Crippen LogP contribution in [-0.4, -0.2) is 4.92 Å². The van der Waals surface area contributed by atoms with E-state index in [0.717, 1.165) is 5.56 Å². The SMILES string of the molecule is NCc1ccc(Oc2c(Br)cc([N+](=O)[O-])cc2Br)cc1Cl. The first-order valence-corrected chi connectivity index (χ1v) is 7.68. The van der Waals surface area contributed by atoms with Crippen molar-refractivity contribution in [3.8, 4) is 11.5 Å². The topological polar surface area (TPSA) is 78.4 Å². The number of hydrogen-bond donors (Lipinski definition) is 1. The minimum absolute atomic E-state index is 0.0439. The second kappa shape index (κ2) is 6.74. The minimum atomic E-state index is -0.480. The molecule has 0 bridgehead atoms. The normalized spacial score (nSPS) is 10.5. The predicted molar refractivity (Wildman–Crippen MR) is 87.9 cm³/mol. The van der Waals surface area contributed by atoms with Gasteiger partial charge in [-0.2, -0.15) is 0 Å². The van der Waals surface area contributed by atoms with Crippen molar-refractivity contribution >= 4 is 49.1 Å². The van der Waals surface area contributed by atoms with Crippen LogP contribution in [0, 0.1) is 10.1 Å². The molecule has 2 aromatic rings. The van der Waals surface area contributed by atoms with Gasteiger partial charge in [-0.05, 0) is 49.6 Å². The zero-order valence-electron chi connectivity index (χ0n) is 10.5. The van der Waals surface area contributed by atoms with Crippen molar-refractivity contribution in [2.45, 2.75) is 6.54 Å². The van der Waals surface area contributed by atoms with Crippen molar-refractivity contribution in [3.63, 3.8) is 0 Å². The summed E-state index contributed by atoms with van der Waals surface area (Å²) in [6, 6.07) is 7.88. The van der Waals surface area contributed by atoms with E-state index in [0.29, 0.717) is 32.0 Å². The first-order valence-electron chi connectivity index (χ1n) is 5.72. The van der Waals surface area contributed by atoms with Gasteiger partial charge >= 0.3 is 0 Å². The van der Waals surface area contributed by atoms with Gasteiger partial charge in [0.15, 0.2) is 5.75 Å². The number of halogens is 3. The van der Waals surface area contributed by atoms with Crippen molar-refractivity contribution in [1.29, 1.82) is 0 Å². The van der Waals surface area contributed by atoms with Crippen LogP contribution >= 0.6 is 43.5 Å². The van der Waals surface area contributed by atoms with Crippen LogP contribution in [0.15, 0.2) is 39.3 Å². The van der Waals surface area contributed by atoms with Crippen LogP contribution in [0.25, 0.3) is 0 Å². The molecule has 0 fully saturated rings. The number of non-ortho nitro benzene ring substituents is 1. The molecule has 2 aromatic carbocycles. The molecular weight excluding hydrogens is 427 g/mol. The van der Waals surface area contributed by atoms with Crippen LogP contribution < -0.4 is 10.5 Å². The molecule has 0 aliphatic carbocycles. The van der Waals surface area contributed by atoms with E-state index in [1.807, 2.05) is 0 Å². The fourth-order valence-electron chi connectivity index (χ4n) is 1.62. The Balaban J connectivity index is 2.35. The number of benzene rings is 2. The van der Waals surface area contributed by atoms with Crippen molar-refractivity contribution in [3.05, 3.63) is 60.0 Å². The molecule has 0 aliphatic heterocycles. The molecule has 0 amide bonds. The van der Waals surface area contributed by atoms with E-state index in [9.17, 15) is 10.1 Å². The van der Waals surface area contributed by atoms with E-state index in [1.54, 1.807) is 18.2 Å². The highest BCUT2D eigenvalue weighted by molar-refractivity contribution is 9.11. The lowest BCUT2D eigenvalue weighted by Gasteiger charge is -2.11. The summed E-state index contributed by atoms with van der Waals surface area (Å²) in [5, 5.41) is 11.3. The second-order valence-electron chi connectivity index (χ2n) is 4.06. The van der Waals surface area contributed by atoms with Crippen molar-refractivity contribution < 1.29 is 9.66 Å². The van der Waals surface area contributed by atoms with Crippen LogP contribution in [-0.2, 0) is 6.54 Å². The summed E-state index contributed by atoms with van der Waals surface area (Å²) in [7, 11) is 0. The largest absolute Gasteiger partial charge is 0.455 e. The van der Waals surface area contributed by atoms with Gasteiger partial charge in [-0.3, -0.25) is 10.1 Å². The molecule has 0 aromatic heterocycles. The first kappa shape index (κ1) is 16.2. The van der Waals surface area contributed by atoms with E-state index in [-0.39, 0.29) is 5.69 Å². The number of nitrogens with two attached hydrogens (primary N) is 1. The molecule has 0 saturated carbocycles. The van der Waals surface area contributed by atoms with Crippen LogP contribution in [0.5, 0.6) is 11.5 Å². The quantitative estimate of drug-likeness (QED) is 0.539. The third-order valence-electron chi connectivity index (χ3n) is 2.66. The summed E-state index contributed by atoms with van der Waals surface area (Å²) in [5.41, 5.74) is 6.31. The lowest BCUT2D eigenvalue weighted by Crippen LogP contribution is -1.97. The zero-order chi connectivity index (χ0) is 15.6. The summed E-state index contributed by atoms with van der Waals surface area (Å²) in [6.07, 6.45) is 0. The maximum absolute atomic E-state index is 10.8. The number of nitro benzene ring substituents is 1. The number of nitrogens with zero attached hydrogens (tertiary/aromatic N) is 1. The fraction of sp³-hybridized carbons (Fsp3) is 0.0769. The predicted octanol–water partition coefficient (Wildman–Crippen LogP) is 5.02. The van der Waals surface area contributed by atoms with Crippen molar-refractivity contribution in [2.24, 2.45) is 5.73 Å². The van der Waals surface area contributed by atoms with Gasteiger partial charge in [-0.15, -0.1) is 0 Å². The summed E-state index contributed by atoms with van der Waals surface area (Å²) in [4.78, 5) is 10.3. The van der Waals surface area contributed by atoms with E-state index in [4.69, 9.17) is 22.1 Å². The van der Waals surface area contributed by atoms with E-state index < -0.39 is 4.92 Å². The molecule has 0 aliphatic rings. The van der Waals surface area contributed by atoms with E-state index in [1.165, 1.54) is 12.1 Å². The maximum Gasteiger partial charge on any atom is 0.271 e. The highest BCUT2D eigenvalue weighted by Crippen LogP contribution is 2.40. The number of ether oxygens (including phenoxy) is 1. The average molecular weight is 436 g/mol. The van der Waals surface area contributed by atoms with Gasteiger partial charge < -0.3 is 10.5 Å². The van der Waals surface area contributed by atoms with Crippen LogP contribution in [0.4, 0.5) is 5.69 Å². The Bertz CT molecular complexity index is 687. The van der Waals surface area contributed by atoms with Crippen LogP contribution in [0.3, 0.4) is 0 Å². The lowest BCUT2D eigenvalue weighted by atomic mass is 10.2. The minimum Gasteiger partial charge on any atom is -0.455 e. The molecule has 0 atom stereocenters. The van der Waals surface area contributed by atoms with Gasteiger partial charge in [-0.1, -0.05) is 17.7 Å². The summed E-state index contributed by atoms with van der Waals surface area (Å²) in [5.74, 6) is 0.935. The molecule has 2 rings (SSSR count). The molecule has 8 heteroatoms. The molecule has 0 saturated heterocycles. The number of nitro groups is 1. The van der Waals surface area contributed by atoms with E-state index in [2.05, 4.69) is 31.9 Å². The molecule has 0 spiro atoms. The van der Waals surface area contributed by atoms with Gasteiger partial charge in [-0.25, -0.2) is 0 Å². The number of hydrogen-bond acceptors (Lipinski definition) is 4. The molecular formula is C13H9Br2ClN2O3. The summed E-state index contributed by atoms with van der Waals surface area (Å²) in [6.45, 7) is 0.337. The Morgan fingerprint density at radius 1 is 1.24 bits per heavy atom. The third kappa shape index (κ3) is 3.74. The molecule has 0 heterocycles. The fourth-order valence-corrected chi connectivity index (χ4v) is 3.20. The van der Waals surface area contributed by atoms with Gasteiger partial charge in [0, 0.05) is 23.7 Å². The summed E-state index contributed by atoms with van der Waals surface area (Å²) >= 11 is 12.6. The Kier molecular flexibility index (Phi) is 5.21. The van der Waals surface area contributed by atoms with E-state index >= 15 is 0 Å². The second-order valence-corrected chi connectivity index (χ2v) is 6.17. The molecule has 21 heavy (non-hydrogen) atoms. The van der Waals surface area contributed by atoms with Crippen LogP contribution in [0.1, 0.15) is 5.56 Å². The van der Waals surface area contributed by atoms with Gasteiger partial charge in [0.05, 0.1) is 13.9 Å². The van der Waals surface area contributed by atoms with Gasteiger partial charge in [0.1, 0.15) is 5.75 Å². The molecule has 2 N–H and O–H groups in total. The van der Waals surface area contributed by atoms with Gasteiger partial charge in [0.25, 0.3) is 5.69 Å². The monoisotopic (exact) mass is 434 g/mol. The molecule has 110 valence electrons. The van der Waals surface area contributed by atoms with Crippen molar-refractivity contribution in [2.75, 3.05) is 0 Å². The standard InChI is InChI=1S/C13H9Br2ClN2O3/c14-10-3-8(18(19)20)4-11(15)13(10)21-9-2-1-7(6-17)12(16)5-9/h1-5H,6,17H2. The van der Waals surface area contributed by atoms with Gasteiger partial charge in [0.2, 0.25) is 0 Å². The number of rotatable bonds is 4. The smallest absolute Gasteiger partial charge is 0.271 e. The highest BCUT2D eigenvalue weighted by atomic mass is 79.9. The maximum atomic E-state index is 10.8. The lowest BCUT2D eigenvalue weighted by molar-refractivity contribution is -0.385. The molecule has 0 radical (unpaired) electrons. The highest BCUT2D eigenvalue weighted by Gasteiger charge is 2.16. The molecule has 0 unspecified atom stereocenters. The Labute approximate surface area is 142 Å². The third-order valence-corrected chi connectivity index (χ3v) is 4.19. The van der Waals surface area contributed by atoms with Crippen LogP contribution in [0.2, 0.25) is 5.02 Å².